The van der Waals surface area contributed by atoms with Crippen molar-refractivity contribution in [1.82, 2.24) is 5.32 Å². The minimum atomic E-state index is 0.632. The lowest BCUT2D eigenvalue weighted by molar-refractivity contribution is 0.268. The van der Waals surface area contributed by atoms with Crippen molar-refractivity contribution < 1.29 is 4.74 Å². The van der Waals surface area contributed by atoms with E-state index in [4.69, 9.17) is 16.3 Å². The predicted molar refractivity (Wildman–Crippen MR) is 67.2 cm³/mol. The summed E-state index contributed by atoms with van der Waals surface area (Å²) in [5.74, 6) is 0.864. The van der Waals surface area contributed by atoms with Crippen LogP contribution in [0.15, 0.2) is 24.3 Å². The first-order chi connectivity index (χ1) is 7.84. The van der Waals surface area contributed by atoms with E-state index in [1.165, 1.54) is 19.3 Å². The fourth-order valence-electron chi connectivity index (χ4n) is 2.05. The van der Waals surface area contributed by atoms with Gasteiger partial charge in [-0.15, -0.1) is 0 Å². The highest BCUT2D eigenvalue weighted by Gasteiger charge is 2.11. The number of nitrogens with one attached hydrogen (secondary N) is 1. The predicted octanol–water partition coefficient (Wildman–Crippen LogP) is 3.25. The van der Waals surface area contributed by atoms with Crippen LogP contribution in [0.3, 0.4) is 0 Å². The molecule has 0 bridgehead atoms. The van der Waals surface area contributed by atoms with Crippen molar-refractivity contribution in [2.24, 2.45) is 0 Å². The summed E-state index contributed by atoms with van der Waals surface area (Å²) < 4.78 is 5.67. The summed E-state index contributed by atoms with van der Waals surface area (Å²) in [5, 5.41) is 4.24. The monoisotopic (exact) mass is 239 g/mol. The molecule has 1 aliphatic rings. The van der Waals surface area contributed by atoms with Gasteiger partial charge in [-0.25, -0.2) is 0 Å². The molecule has 1 heterocycles. The largest absolute Gasteiger partial charge is 0.493 e. The lowest BCUT2D eigenvalue weighted by Gasteiger charge is -2.23. The minimum absolute atomic E-state index is 0.632. The van der Waals surface area contributed by atoms with E-state index in [9.17, 15) is 0 Å². The molecule has 1 atom stereocenters. The fraction of sp³-hybridized carbons (Fsp3) is 0.538. The van der Waals surface area contributed by atoms with Crippen LogP contribution in [0, 0.1) is 0 Å². The molecule has 1 aromatic carbocycles. The maximum absolute atomic E-state index is 5.88. The van der Waals surface area contributed by atoms with E-state index in [1.54, 1.807) is 0 Å². The molecule has 0 unspecified atom stereocenters. The van der Waals surface area contributed by atoms with Gasteiger partial charge in [0, 0.05) is 11.1 Å². The van der Waals surface area contributed by atoms with Crippen LogP contribution in [0.25, 0.3) is 0 Å². The van der Waals surface area contributed by atoms with Gasteiger partial charge in [0.25, 0.3) is 0 Å². The minimum Gasteiger partial charge on any atom is -0.493 e. The summed E-state index contributed by atoms with van der Waals surface area (Å²) in [6, 6.07) is 8.21. The Morgan fingerprint density at radius 3 is 3.06 bits per heavy atom. The molecule has 1 aromatic rings. The molecule has 16 heavy (non-hydrogen) atoms. The number of rotatable bonds is 4. The van der Waals surface area contributed by atoms with Gasteiger partial charge < -0.3 is 10.1 Å². The van der Waals surface area contributed by atoms with Gasteiger partial charge in [0.05, 0.1) is 6.61 Å². The number of hydrogen-bond donors (Lipinski definition) is 1. The van der Waals surface area contributed by atoms with E-state index >= 15 is 0 Å². The van der Waals surface area contributed by atoms with Gasteiger partial charge in [-0.1, -0.05) is 24.1 Å². The lowest BCUT2D eigenvalue weighted by atomic mass is 10.0. The zero-order chi connectivity index (χ0) is 11.2. The molecule has 0 saturated carbocycles. The third kappa shape index (κ3) is 3.69. The summed E-state index contributed by atoms with van der Waals surface area (Å²) in [7, 11) is 0. The molecule has 0 amide bonds. The summed E-state index contributed by atoms with van der Waals surface area (Å²) in [6.07, 6.45) is 5.01. The Labute approximate surface area is 102 Å². The molecule has 2 nitrogen and oxygen atoms in total. The van der Waals surface area contributed by atoms with Crippen molar-refractivity contribution in [2.75, 3.05) is 13.2 Å². The molecule has 0 spiro atoms. The van der Waals surface area contributed by atoms with Crippen molar-refractivity contribution >= 4 is 11.6 Å². The van der Waals surface area contributed by atoms with E-state index in [0.29, 0.717) is 6.04 Å². The molecule has 1 fully saturated rings. The van der Waals surface area contributed by atoms with E-state index in [0.717, 1.165) is 30.3 Å². The Hall–Kier alpha value is -0.730. The fourth-order valence-corrected chi connectivity index (χ4v) is 2.23. The molecule has 0 radical (unpaired) electrons. The number of piperidine rings is 1. The van der Waals surface area contributed by atoms with E-state index < -0.39 is 0 Å². The first-order valence-electron chi connectivity index (χ1n) is 5.96. The smallest absolute Gasteiger partial charge is 0.120 e. The maximum Gasteiger partial charge on any atom is 0.120 e. The van der Waals surface area contributed by atoms with Crippen LogP contribution in [-0.2, 0) is 0 Å². The van der Waals surface area contributed by atoms with Crippen LogP contribution in [0.5, 0.6) is 5.75 Å². The molecule has 3 heteroatoms. The molecular formula is C13H18ClNO. The van der Waals surface area contributed by atoms with Gasteiger partial charge in [-0.2, -0.15) is 0 Å². The quantitative estimate of drug-likeness (QED) is 0.871. The molecule has 2 rings (SSSR count). The highest BCUT2D eigenvalue weighted by Crippen LogP contribution is 2.18. The van der Waals surface area contributed by atoms with Gasteiger partial charge in [-0.05, 0) is 44.0 Å². The highest BCUT2D eigenvalue weighted by atomic mass is 35.5. The topological polar surface area (TPSA) is 21.3 Å². The van der Waals surface area contributed by atoms with Crippen molar-refractivity contribution in [1.29, 1.82) is 0 Å². The lowest BCUT2D eigenvalue weighted by Crippen LogP contribution is -2.35. The number of hydrogen-bond acceptors (Lipinski definition) is 2. The Kier molecular flexibility index (Phi) is 4.49. The summed E-state index contributed by atoms with van der Waals surface area (Å²) in [5.41, 5.74) is 0. The highest BCUT2D eigenvalue weighted by molar-refractivity contribution is 6.30. The van der Waals surface area contributed by atoms with E-state index in [1.807, 2.05) is 24.3 Å². The van der Waals surface area contributed by atoms with E-state index in [2.05, 4.69) is 5.32 Å². The number of halogens is 1. The normalized spacial score (nSPS) is 20.7. The second-order valence-corrected chi connectivity index (χ2v) is 4.68. The van der Waals surface area contributed by atoms with Gasteiger partial charge in [0.2, 0.25) is 0 Å². The van der Waals surface area contributed by atoms with Crippen LogP contribution < -0.4 is 10.1 Å². The first-order valence-corrected chi connectivity index (χ1v) is 6.34. The summed E-state index contributed by atoms with van der Waals surface area (Å²) >= 11 is 5.88. The molecule has 1 aliphatic heterocycles. The third-order valence-electron chi connectivity index (χ3n) is 2.94. The van der Waals surface area contributed by atoms with Crippen molar-refractivity contribution in [3.05, 3.63) is 29.3 Å². The Bertz CT molecular complexity index is 323. The first kappa shape index (κ1) is 11.7. The van der Waals surface area contributed by atoms with Crippen molar-refractivity contribution in [3.63, 3.8) is 0 Å². The Morgan fingerprint density at radius 2 is 2.31 bits per heavy atom. The van der Waals surface area contributed by atoms with Gasteiger partial charge in [-0.3, -0.25) is 0 Å². The maximum atomic E-state index is 5.88. The van der Waals surface area contributed by atoms with Gasteiger partial charge in [0.15, 0.2) is 0 Å². The van der Waals surface area contributed by atoms with Crippen molar-refractivity contribution in [2.45, 2.75) is 31.7 Å². The molecule has 88 valence electrons. The molecule has 1 saturated heterocycles. The summed E-state index contributed by atoms with van der Waals surface area (Å²) in [6.45, 7) is 1.92. The molecule has 1 N–H and O–H groups in total. The van der Waals surface area contributed by atoms with Crippen LogP contribution >= 0.6 is 11.6 Å². The molecular weight excluding hydrogens is 222 g/mol. The standard InChI is InChI=1S/C13H18ClNO/c14-11-4-3-6-13(10-11)16-9-7-12-5-1-2-8-15-12/h3-4,6,10,12,15H,1-2,5,7-9H2/t12-/m0/s1. The van der Waals surface area contributed by atoms with Crippen LogP contribution in [0.2, 0.25) is 5.02 Å². The number of benzene rings is 1. The van der Waals surface area contributed by atoms with Crippen LogP contribution in [0.4, 0.5) is 0 Å². The molecule has 0 aromatic heterocycles. The Balaban J connectivity index is 1.71. The second kappa shape index (κ2) is 6.12. The SMILES string of the molecule is Clc1cccc(OCC[C@@H]2CCCCN2)c1. The van der Waals surface area contributed by atoms with Crippen LogP contribution in [0.1, 0.15) is 25.7 Å². The summed E-state index contributed by atoms with van der Waals surface area (Å²) in [4.78, 5) is 0. The third-order valence-corrected chi connectivity index (χ3v) is 3.18. The number of ether oxygens (including phenoxy) is 1. The van der Waals surface area contributed by atoms with Crippen LogP contribution in [-0.4, -0.2) is 19.2 Å². The average Bonchev–Trinajstić information content (AvgIpc) is 2.30. The average molecular weight is 240 g/mol. The van der Waals surface area contributed by atoms with Gasteiger partial charge >= 0.3 is 0 Å². The van der Waals surface area contributed by atoms with E-state index in [-0.39, 0.29) is 0 Å². The van der Waals surface area contributed by atoms with Gasteiger partial charge in [0.1, 0.15) is 5.75 Å². The van der Waals surface area contributed by atoms with Crippen molar-refractivity contribution in [3.8, 4) is 5.75 Å². The molecule has 0 aliphatic carbocycles. The zero-order valence-corrected chi connectivity index (χ0v) is 10.2. The second-order valence-electron chi connectivity index (χ2n) is 4.24. The Morgan fingerprint density at radius 1 is 1.38 bits per heavy atom. The zero-order valence-electron chi connectivity index (χ0n) is 9.42.